The fourth-order valence-electron chi connectivity index (χ4n) is 7.29. The number of aliphatic carboxylic acids is 2. The van der Waals surface area contributed by atoms with Crippen molar-refractivity contribution in [3.05, 3.63) is 101 Å². The second-order valence-corrected chi connectivity index (χ2v) is 13.4. The largest absolute Gasteiger partial charge is 0.497 e. The minimum Gasteiger partial charge on any atom is -0.497 e. The highest BCUT2D eigenvalue weighted by Gasteiger charge is 2.47. The molecule has 7 nitrogen and oxygen atoms in total. The van der Waals surface area contributed by atoms with Crippen molar-refractivity contribution in [2.45, 2.75) is 96.8 Å². The summed E-state index contributed by atoms with van der Waals surface area (Å²) in [6.07, 6.45) is 20.7. The maximum Gasteiger partial charge on any atom is 0.309 e. The van der Waals surface area contributed by atoms with E-state index in [9.17, 15) is 19.8 Å². The van der Waals surface area contributed by atoms with Crippen LogP contribution in [0.5, 0.6) is 5.75 Å². The van der Waals surface area contributed by atoms with Gasteiger partial charge >= 0.3 is 11.9 Å². The lowest BCUT2D eigenvalue weighted by Gasteiger charge is -2.30. The molecule has 2 aromatic rings. The van der Waals surface area contributed by atoms with Crippen LogP contribution in [0.25, 0.3) is 0 Å². The number of carbonyl (C=O) groups is 2. The van der Waals surface area contributed by atoms with Crippen molar-refractivity contribution in [3.8, 4) is 5.75 Å². The summed E-state index contributed by atoms with van der Waals surface area (Å²) in [5.41, 5.74) is 7.53. The summed E-state index contributed by atoms with van der Waals surface area (Å²) in [5.74, 6) is -0.820. The zero-order valence-electron chi connectivity index (χ0n) is 29.6. The van der Waals surface area contributed by atoms with Crippen LogP contribution in [0.3, 0.4) is 0 Å². The van der Waals surface area contributed by atoms with Gasteiger partial charge in [0.2, 0.25) is 5.69 Å². The second-order valence-electron chi connectivity index (χ2n) is 13.4. The lowest BCUT2D eigenvalue weighted by Crippen LogP contribution is -2.31. The Morgan fingerprint density at radius 2 is 1.52 bits per heavy atom. The molecule has 0 spiro atoms. The smallest absolute Gasteiger partial charge is 0.309 e. The summed E-state index contributed by atoms with van der Waals surface area (Å²) in [7, 11) is 1.67. The molecule has 0 aromatic heterocycles. The number of aryl methyl sites for hydroxylation is 1. The maximum absolute atomic E-state index is 11.6. The Hall–Kier alpha value is -4.39. The van der Waals surface area contributed by atoms with E-state index in [2.05, 4.69) is 80.5 Å². The van der Waals surface area contributed by atoms with Crippen LogP contribution in [-0.2, 0) is 20.4 Å². The molecule has 0 amide bonds. The van der Waals surface area contributed by atoms with Gasteiger partial charge < -0.3 is 19.8 Å². The van der Waals surface area contributed by atoms with E-state index in [1.54, 1.807) is 7.11 Å². The third kappa shape index (κ3) is 7.83. The standard InChI is InChI=1S/C41H52N2O5/c1-7-9-24-40(4)32-28-30(3)18-20-34(32)42(26-22-38(44)45)36(40)16-14-12-11-13-15-17-37-41(5,25-10-8-2)33-29-31(48-6)19-21-35(33)43(37)27-23-39(46)47/h11-21,28-29H,7-10,22-27H2,1-6H3,(H-,44,45,46,47)/p+1. The molecule has 4 rings (SSSR count). The highest BCUT2D eigenvalue weighted by Crippen LogP contribution is 2.51. The van der Waals surface area contributed by atoms with Crippen LogP contribution < -0.4 is 9.64 Å². The third-order valence-corrected chi connectivity index (χ3v) is 9.95. The number of anilines is 1. The Labute approximate surface area is 286 Å². The van der Waals surface area contributed by atoms with Crippen molar-refractivity contribution >= 4 is 29.0 Å². The van der Waals surface area contributed by atoms with E-state index in [0.717, 1.165) is 67.1 Å². The molecule has 0 saturated carbocycles. The van der Waals surface area contributed by atoms with Crippen LogP contribution >= 0.6 is 0 Å². The van der Waals surface area contributed by atoms with E-state index in [1.807, 2.05) is 42.5 Å². The summed E-state index contributed by atoms with van der Waals surface area (Å²) >= 11 is 0. The number of carboxylic acids is 2. The van der Waals surface area contributed by atoms with Gasteiger partial charge in [0, 0.05) is 41.1 Å². The average molecular weight is 654 g/mol. The molecule has 2 aliphatic rings. The summed E-state index contributed by atoms with van der Waals surface area (Å²) in [6.45, 7) is 11.9. The maximum atomic E-state index is 11.6. The van der Waals surface area contributed by atoms with Crippen LogP contribution in [0.4, 0.5) is 11.4 Å². The Morgan fingerprint density at radius 1 is 0.854 bits per heavy atom. The van der Waals surface area contributed by atoms with E-state index >= 15 is 0 Å². The van der Waals surface area contributed by atoms with Crippen molar-refractivity contribution in [2.75, 3.05) is 25.1 Å². The SMILES string of the molecule is CCCCC1(C)C(=CC=CC=CC=CC2=[N+](CCC(=O)O)c3ccc(OC)cc3C2(C)CCCC)N(CCC(=O)O)c2ccc(C)cc21. The summed E-state index contributed by atoms with van der Waals surface area (Å²) in [6, 6.07) is 12.6. The molecule has 0 radical (unpaired) electrons. The van der Waals surface area contributed by atoms with Gasteiger partial charge in [0.1, 0.15) is 12.2 Å². The molecule has 2 heterocycles. The molecule has 2 aliphatic heterocycles. The molecule has 2 N–H and O–H groups in total. The third-order valence-electron chi connectivity index (χ3n) is 9.95. The van der Waals surface area contributed by atoms with Crippen LogP contribution in [0.15, 0.2) is 84.6 Å². The monoisotopic (exact) mass is 653 g/mol. The first kappa shape index (κ1) is 36.4. The number of hydrogen-bond acceptors (Lipinski definition) is 4. The van der Waals surface area contributed by atoms with E-state index in [0.29, 0.717) is 13.1 Å². The Bertz CT molecular complexity index is 1650. The molecular weight excluding hydrogens is 600 g/mol. The number of hydrogen-bond donors (Lipinski definition) is 2. The number of nitrogens with zero attached hydrogens (tertiary/aromatic N) is 2. The van der Waals surface area contributed by atoms with Gasteiger partial charge in [0.25, 0.3) is 0 Å². The molecule has 48 heavy (non-hydrogen) atoms. The van der Waals surface area contributed by atoms with Crippen molar-refractivity contribution in [3.63, 3.8) is 0 Å². The first-order valence-electron chi connectivity index (χ1n) is 17.4. The second kappa shape index (κ2) is 16.1. The van der Waals surface area contributed by atoms with Gasteiger partial charge in [-0.2, -0.15) is 4.58 Å². The topological polar surface area (TPSA) is 90.1 Å². The molecule has 2 unspecified atom stereocenters. The minimum atomic E-state index is -0.817. The van der Waals surface area contributed by atoms with Crippen LogP contribution in [0, 0.1) is 6.92 Å². The number of ether oxygens (including phenoxy) is 1. The molecule has 7 heteroatoms. The number of allylic oxidation sites excluding steroid dienone is 8. The lowest BCUT2D eigenvalue weighted by molar-refractivity contribution is -0.436. The van der Waals surface area contributed by atoms with E-state index in [-0.39, 0.29) is 23.7 Å². The summed E-state index contributed by atoms with van der Waals surface area (Å²) in [4.78, 5) is 25.4. The lowest BCUT2D eigenvalue weighted by atomic mass is 9.75. The predicted molar refractivity (Wildman–Crippen MR) is 195 cm³/mol. The van der Waals surface area contributed by atoms with Crippen LogP contribution in [-0.4, -0.2) is 52.6 Å². The van der Waals surface area contributed by atoms with E-state index in [1.165, 1.54) is 16.7 Å². The normalized spacial score (nSPS) is 21.3. The van der Waals surface area contributed by atoms with Crippen LogP contribution in [0.1, 0.15) is 95.8 Å². The molecule has 0 fully saturated rings. The van der Waals surface area contributed by atoms with Crippen molar-refractivity contribution in [1.29, 1.82) is 0 Å². The Balaban J connectivity index is 1.64. The number of benzene rings is 2. The Morgan fingerprint density at radius 3 is 2.19 bits per heavy atom. The molecule has 2 atom stereocenters. The highest BCUT2D eigenvalue weighted by molar-refractivity contribution is 6.03. The molecule has 0 aliphatic carbocycles. The first-order valence-corrected chi connectivity index (χ1v) is 17.4. The Kier molecular flexibility index (Phi) is 12.3. The molecule has 0 saturated heterocycles. The number of unbranched alkanes of at least 4 members (excludes halogenated alkanes) is 2. The quantitative estimate of drug-likeness (QED) is 0.131. The molecule has 2 aromatic carbocycles. The zero-order chi connectivity index (χ0) is 34.9. The zero-order valence-corrected chi connectivity index (χ0v) is 29.6. The van der Waals surface area contributed by atoms with Gasteiger partial charge in [0.15, 0.2) is 12.3 Å². The highest BCUT2D eigenvalue weighted by atomic mass is 16.5. The molecule has 256 valence electrons. The molecular formula is C41H53N2O5+. The van der Waals surface area contributed by atoms with Crippen LogP contribution in [0.2, 0.25) is 0 Å². The summed E-state index contributed by atoms with van der Waals surface area (Å²) < 4.78 is 7.73. The van der Waals surface area contributed by atoms with E-state index in [4.69, 9.17) is 4.74 Å². The van der Waals surface area contributed by atoms with Gasteiger partial charge in [-0.05, 0) is 63.5 Å². The average Bonchev–Trinajstić information content (AvgIpc) is 3.43. The first-order chi connectivity index (χ1) is 23.0. The van der Waals surface area contributed by atoms with Gasteiger partial charge in [-0.3, -0.25) is 9.59 Å². The van der Waals surface area contributed by atoms with Crippen molar-refractivity contribution < 1.29 is 29.1 Å². The van der Waals surface area contributed by atoms with Crippen molar-refractivity contribution in [1.82, 2.24) is 0 Å². The van der Waals surface area contributed by atoms with Gasteiger partial charge in [-0.25, -0.2) is 0 Å². The van der Waals surface area contributed by atoms with Gasteiger partial charge in [0.05, 0.1) is 18.9 Å². The number of methoxy groups -OCH3 is 1. The predicted octanol–water partition coefficient (Wildman–Crippen LogP) is 9.02. The van der Waals surface area contributed by atoms with E-state index < -0.39 is 11.9 Å². The number of carboxylic acid groups (broad SMARTS) is 2. The van der Waals surface area contributed by atoms with Gasteiger partial charge in [-0.15, -0.1) is 0 Å². The van der Waals surface area contributed by atoms with Crippen molar-refractivity contribution in [2.24, 2.45) is 0 Å². The fourth-order valence-corrected chi connectivity index (χ4v) is 7.29. The number of fused-ring (bicyclic) bond motifs is 2. The fraction of sp³-hybridized carbons (Fsp3) is 0.439. The van der Waals surface area contributed by atoms with Gasteiger partial charge in [-0.1, -0.05) is 87.6 Å². The molecule has 0 bridgehead atoms. The minimum absolute atomic E-state index is 0.0456. The number of rotatable bonds is 17. The summed E-state index contributed by atoms with van der Waals surface area (Å²) in [5, 5.41) is 19.0.